The molecule has 0 aliphatic heterocycles. The number of nitrogens with two attached hydrogens (primary N) is 1. The highest BCUT2D eigenvalue weighted by Gasteiger charge is 2.25. The second-order valence-electron chi connectivity index (χ2n) is 6.00. The maximum absolute atomic E-state index is 6.34. The average molecular weight is 235 g/mol. The predicted molar refractivity (Wildman–Crippen MR) is 73.5 cm³/mol. The van der Waals surface area contributed by atoms with Gasteiger partial charge in [-0.25, -0.2) is 0 Å². The van der Waals surface area contributed by atoms with Crippen molar-refractivity contribution in [2.24, 2.45) is 11.1 Å². The molecule has 0 unspecified atom stereocenters. The van der Waals surface area contributed by atoms with E-state index in [2.05, 4.69) is 46.8 Å². The molecule has 96 valence electrons. The first-order chi connectivity index (χ1) is 7.77. The molecule has 2 heteroatoms. The van der Waals surface area contributed by atoms with Crippen molar-refractivity contribution in [1.82, 2.24) is 0 Å². The Morgan fingerprint density at radius 3 is 2.18 bits per heavy atom. The third-order valence-electron chi connectivity index (χ3n) is 3.19. The Morgan fingerprint density at radius 2 is 1.76 bits per heavy atom. The van der Waals surface area contributed by atoms with Crippen molar-refractivity contribution in [3.05, 3.63) is 29.3 Å². The first kappa shape index (κ1) is 14.0. The van der Waals surface area contributed by atoms with E-state index in [9.17, 15) is 0 Å². The monoisotopic (exact) mass is 235 g/mol. The van der Waals surface area contributed by atoms with Crippen LogP contribution in [0.3, 0.4) is 0 Å². The van der Waals surface area contributed by atoms with Crippen molar-refractivity contribution in [3.63, 3.8) is 0 Å². The van der Waals surface area contributed by atoms with Crippen LogP contribution in [0.2, 0.25) is 0 Å². The van der Waals surface area contributed by atoms with Crippen LogP contribution in [-0.2, 0) is 0 Å². The fraction of sp³-hybridized carbons (Fsp3) is 0.600. The molecule has 1 aromatic carbocycles. The number of methoxy groups -OCH3 is 1. The van der Waals surface area contributed by atoms with E-state index in [4.69, 9.17) is 10.5 Å². The van der Waals surface area contributed by atoms with Crippen LogP contribution in [-0.4, -0.2) is 7.11 Å². The SMILES string of the molecule is COc1ccc(C(C)C)cc1[C@H](N)C(C)(C)C. The Morgan fingerprint density at radius 1 is 1.18 bits per heavy atom. The number of hydrogen-bond donors (Lipinski definition) is 1. The fourth-order valence-electron chi connectivity index (χ4n) is 1.82. The average Bonchev–Trinajstić information content (AvgIpc) is 2.25. The van der Waals surface area contributed by atoms with Gasteiger partial charge in [0.25, 0.3) is 0 Å². The summed E-state index contributed by atoms with van der Waals surface area (Å²) < 4.78 is 5.42. The molecule has 1 atom stereocenters. The van der Waals surface area contributed by atoms with Gasteiger partial charge < -0.3 is 10.5 Å². The summed E-state index contributed by atoms with van der Waals surface area (Å²) >= 11 is 0. The van der Waals surface area contributed by atoms with E-state index in [0.717, 1.165) is 11.3 Å². The fourth-order valence-corrected chi connectivity index (χ4v) is 1.82. The summed E-state index contributed by atoms with van der Waals surface area (Å²) in [5.41, 5.74) is 8.78. The molecule has 17 heavy (non-hydrogen) atoms. The number of hydrogen-bond acceptors (Lipinski definition) is 2. The summed E-state index contributed by atoms with van der Waals surface area (Å²) in [5, 5.41) is 0. The molecule has 0 aliphatic carbocycles. The van der Waals surface area contributed by atoms with Crippen LogP contribution < -0.4 is 10.5 Å². The third-order valence-corrected chi connectivity index (χ3v) is 3.19. The van der Waals surface area contributed by atoms with Gasteiger partial charge in [0.05, 0.1) is 7.11 Å². The lowest BCUT2D eigenvalue weighted by atomic mass is 9.81. The minimum Gasteiger partial charge on any atom is -0.496 e. The largest absolute Gasteiger partial charge is 0.496 e. The Labute approximate surface area is 105 Å². The minimum absolute atomic E-state index is 0.0175. The molecule has 0 spiro atoms. The molecule has 0 saturated heterocycles. The zero-order valence-electron chi connectivity index (χ0n) is 11.9. The summed E-state index contributed by atoms with van der Waals surface area (Å²) in [7, 11) is 1.70. The van der Waals surface area contributed by atoms with Crippen molar-refractivity contribution in [3.8, 4) is 5.75 Å². The van der Waals surface area contributed by atoms with E-state index in [1.165, 1.54) is 5.56 Å². The van der Waals surface area contributed by atoms with Crippen molar-refractivity contribution >= 4 is 0 Å². The quantitative estimate of drug-likeness (QED) is 0.863. The third kappa shape index (κ3) is 3.22. The number of ether oxygens (including phenoxy) is 1. The van der Waals surface area contributed by atoms with Crippen molar-refractivity contribution in [2.45, 2.75) is 46.6 Å². The van der Waals surface area contributed by atoms with Gasteiger partial charge in [-0.2, -0.15) is 0 Å². The van der Waals surface area contributed by atoms with E-state index in [0.29, 0.717) is 5.92 Å². The van der Waals surface area contributed by atoms with Crippen LogP contribution in [0.4, 0.5) is 0 Å². The normalized spacial score (nSPS) is 13.9. The summed E-state index contributed by atoms with van der Waals surface area (Å²) in [5.74, 6) is 1.39. The van der Waals surface area contributed by atoms with E-state index < -0.39 is 0 Å². The molecule has 0 amide bonds. The van der Waals surface area contributed by atoms with Crippen LogP contribution in [0.5, 0.6) is 5.75 Å². The summed E-state index contributed by atoms with van der Waals surface area (Å²) in [6, 6.07) is 6.30. The van der Waals surface area contributed by atoms with Crippen LogP contribution in [0, 0.1) is 5.41 Å². The Bertz CT molecular complexity index is 377. The second-order valence-corrected chi connectivity index (χ2v) is 6.00. The van der Waals surface area contributed by atoms with Gasteiger partial charge in [0, 0.05) is 11.6 Å². The summed E-state index contributed by atoms with van der Waals surface area (Å²) in [6.07, 6.45) is 0. The highest BCUT2D eigenvalue weighted by molar-refractivity contribution is 5.41. The molecule has 0 aromatic heterocycles. The predicted octanol–water partition coefficient (Wildman–Crippen LogP) is 3.86. The maximum atomic E-state index is 6.34. The molecule has 0 saturated carbocycles. The highest BCUT2D eigenvalue weighted by Crippen LogP contribution is 2.36. The Balaban J connectivity index is 3.23. The molecular formula is C15H25NO. The van der Waals surface area contributed by atoms with Crippen LogP contribution in [0.1, 0.15) is 57.7 Å². The molecule has 2 N–H and O–H groups in total. The van der Waals surface area contributed by atoms with E-state index >= 15 is 0 Å². The van der Waals surface area contributed by atoms with E-state index in [-0.39, 0.29) is 11.5 Å². The van der Waals surface area contributed by atoms with Gasteiger partial charge in [0.2, 0.25) is 0 Å². The van der Waals surface area contributed by atoms with Crippen molar-refractivity contribution < 1.29 is 4.74 Å². The first-order valence-electron chi connectivity index (χ1n) is 6.20. The number of rotatable bonds is 3. The lowest BCUT2D eigenvalue weighted by molar-refractivity contribution is 0.314. The van der Waals surface area contributed by atoms with Gasteiger partial charge in [-0.1, -0.05) is 46.8 Å². The van der Waals surface area contributed by atoms with Gasteiger partial charge in [-0.05, 0) is 23.0 Å². The zero-order valence-corrected chi connectivity index (χ0v) is 11.9. The van der Waals surface area contributed by atoms with Gasteiger partial charge in [-0.15, -0.1) is 0 Å². The number of benzene rings is 1. The summed E-state index contributed by atoms with van der Waals surface area (Å²) in [4.78, 5) is 0. The van der Waals surface area contributed by atoms with Crippen molar-refractivity contribution in [1.29, 1.82) is 0 Å². The van der Waals surface area contributed by atoms with Gasteiger partial charge >= 0.3 is 0 Å². The minimum atomic E-state index is -0.0175. The summed E-state index contributed by atoms with van der Waals surface area (Å²) in [6.45, 7) is 10.8. The molecule has 0 bridgehead atoms. The van der Waals surface area contributed by atoms with Gasteiger partial charge in [-0.3, -0.25) is 0 Å². The molecule has 1 rings (SSSR count). The lowest BCUT2D eigenvalue weighted by Crippen LogP contribution is -2.26. The van der Waals surface area contributed by atoms with Crippen LogP contribution in [0.25, 0.3) is 0 Å². The smallest absolute Gasteiger partial charge is 0.123 e. The molecule has 0 aliphatic rings. The van der Waals surface area contributed by atoms with Gasteiger partial charge in [0.1, 0.15) is 5.75 Å². The molecule has 0 radical (unpaired) electrons. The molecule has 1 aromatic rings. The van der Waals surface area contributed by atoms with Crippen LogP contribution in [0.15, 0.2) is 18.2 Å². The van der Waals surface area contributed by atoms with Gasteiger partial charge in [0.15, 0.2) is 0 Å². The molecule has 0 heterocycles. The lowest BCUT2D eigenvalue weighted by Gasteiger charge is -2.29. The second kappa shape index (κ2) is 5.09. The zero-order chi connectivity index (χ0) is 13.2. The van der Waals surface area contributed by atoms with E-state index in [1.807, 2.05) is 6.07 Å². The standard InChI is InChI=1S/C15H25NO/c1-10(2)11-7-8-13(17-6)12(9-11)14(16)15(3,4)5/h7-10,14H,16H2,1-6H3/t14-/m0/s1. The maximum Gasteiger partial charge on any atom is 0.123 e. The highest BCUT2D eigenvalue weighted by atomic mass is 16.5. The van der Waals surface area contributed by atoms with Crippen molar-refractivity contribution in [2.75, 3.05) is 7.11 Å². The molecule has 0 fully saturated rings. The first-order valence-corrected chi connectivity index (χ1v) is 6.20. The topological polar surface area (TPSA) is 35.2 Å². The Kier molecular flexibility index (Phi) is 4.21. The Hall–Kier alpha value is -1.02. The van der Waals surface area contributed by atoms with E-state index in [1.54, 1.807) is 7.11 Å². The molecule has 2 nitrogen and oxygen atoms in total. The molecular weight excluding hydrogens is 210 g/mol. The van der Waals surface area contributed by atoms with Crippen LogP contribution >= 0.6 is 0 Å².